The summed E-state index contributed by atoms with van der Waals surface area (Å²) >= 11 is 0. The third-order valence-electron chi connectivity index (χ3n) is 2.71. The zero-order valence-corrected chi connectivity index (χ0v) is 9.86. The van der Waals surface area contributed by atoms with E-state index in [1.165, 1.54) is 0 Å². The van der Waals surface area contributed by atoms with Crippen LogP contribution in [0.2, 0.25) is 0 Å². The molecule has 0 aliphatic carbocycles. The standard InChI is InChI=1S/C11H18N4O/c1-3-16-11-9(2)10(13-8-14-11)15-6-4-12-5-7-15/h8,12H,3-7H2,1-2H3. The van der Waals surface area contributed by atoms with Crippen molar-refractivity contribution in [2.75, 3.05) is 37.7 Å². The third-order valence-corrected chi connectivity index (χ3v) is 2.71. The average molecular weight is 222 g/mol. The molecule has 0 spiro atoms. The lowest BCUT2D eigenvalue weighted by Gasteiger charge is -2.29. The molecule has 88 valence electrons. The van der Waals surface area contributed by atoms with Crippen LogP contribution < -0.4 is 15.0 Å². The van der Waals surface area contributed by atoms with Gasteiger partial charge in [0, 0.05) is 26.2 Å². The highest BCUT2D eigenvalue weighted by atomic mass is 16.5. The number of nitrogens with one attached hydrogen (secondary N) is 1. The van der Waals surface area contributed by atoms with Gasteiger partial charge >= 0.3 is 0 Å². The number of piperazine rings is 1. The van der Waals surface area contributed by atoms with E-state index in [0.29, 0.717) is 12.5 Å². The van der Waals surface area contributed by atoms with Crippen molar-refractivity contribution in [3.05, 3.63) is 11.9 Å². The van der Waals surface area contributed by atoms with Gasteiger partial charge in [0.25, 0.3) is 0 Å². The fourth-order valence-corrected chi connectivity index (χ4v) is 1.90. The van der Waals surface area contributed by atoms with Crippen molar-refractivity contribution >= 4 is 5.82 Å². The van der Waals surface area contributed by atoms with Crippen molar-refractivity contribution in [2.24, 2.45) is 0 Å². The first kappa shape index (κ1) is 11.1. The molecule has 2 heterocycles. The SMILES string of the molecule is CCOc1ncnc(N2CCNCC2)c1C. The summed E-state index contributed by atoms with van der Waals surface area (Å²) in [7, 11) is 0. The summed E-state index contributed by atoms with van der Waals surface area (Å²) in [5, 5.41) is 3.33. The summed E-state index contributed by atoms with van der Waals surface area (Å²) in [4.78, 5) is 10.8. The van der Waals surface area contributed by atoms with Crippen molar-refractivity contribution in [3.8, 4) is 5.88 Å². The predicted octanol–water partition coefficient (Wildman–Crippen LogP) is 0.593. The van der Waals surface area contributed by atoms with Gasteiger partial charge in [0.05, 0.1) is 12.2 Å². The molecule has 1 aromatic heterocycles. The van der Waals surface area contributed by atoms with Crippen molar-refractivity contribution in [1.82, 2.24) is 15.3 Å². The van der Waals surface area contributed by atoms with Crippen molar-refractivity contribution < 1.29 is 4.74 Å². The Morgan fingerprint density at radius 1 is 1.38 bits per heavy atom. The van der Waals surface area contributed by atoms with E-state index in [2.05, 4.69) is 20.2 Å². The molecule has 1 aliphatic heterocycles. The zero-order chi connectivity index (χ0) is 11.4. The minimum atomic E-state index is 0.638. The number of hydrogen-bond acceptors (Lipinski definition) is 5. The molecule has 0 saturated carbocycles. The summed E-state index contributed by atoms with van der Waals surface area (Å²) in [6.07, 6.45) is 1.58. The highest BCUT2D eigenvalue weighted by molar-refractivity contribution is 5.50. The summed E-state index contributed by atoms with van der Waals surface area (Å²) in [6, 6.07) is 0. The number of aromatic nitrogens is 2. The Morgan fingerprint density at radius 3 is 2.81 bits per heavy atom. The van der Waals surface area contributed by atoms with Crippen LogP contribution in [0.4, 0.5) is 5.82 Å². The second kappa shape index (κ2) is 5.12. The molecule has 2 rings (SSSR count). The van der Waals surface area contributed by atoms with E-state index in [-0.39, 0.29) is 0 Å². The Bertz CT molecular complexity index is 350. The lowest BCUT2D eigenvalue weighted by molar-refractivity contribution is 0.323. The second-order valence-corrected chi connectivity index (χ2v) is 3.80. The number of rotatable bonds is 3. The van der Waals surface area contributed by atoms with E-state index in [1.54, 1.807) is 6.33 Å². The van der Waals surface area contributed by atoms with Gasteiger partial charge in [-0.2, -0.15) is 0 Å². The first-order chi connectivity index (χ1) is 7.83. The van der Waals surface area contributed by atoms with E-state index < -0.39 is 0 Å². The van der Waals surface area contributed by atoms with Crippen LogP contribution in [-0.4, -0.2) is 42.8 Å². The topological polar surface area (TPSA) is 50.3 Å². The van der Waals surface area contributed by atoms with Crippen molar-refractivity contribution in [3.63, 3.8) is 0 Å². The van der Waals surface area contributed by atoms with Gasteiger partial charge in [-0.3, -0.25) is 0 Å². The summed E-state index contributed by atoms with van der Waals surface area (Å²) in [6.45, 7) is 8.61. The third kappa shape index (κ3) is 2.24. The van der Waals surface area contributed by atoms with Crippen LogP contribution in [0.15, 0.2) is 6.33 Å². The number of anilines is 1. The highest BCUT2D eigenvalue weighted by Gasteiger charge is 2.16. The molecule has 0 unspecified atom stereocenters. The quantitative estimate of drug-likeness (QED) is 0.811. The first-order valence-electron chi connectivity index (χ1n) is 5.73. The number of nitrogens with zero attached hydrogens (tertiary/aromatic N) is 3. The van der Waals surface area contributed by atoms with E-state index >= 15 is 0 Å². The molecule has 5 heteroatoms. The Hall–Kier alpha value is -1.36. The van der Waals surface area contributed by atoms with Crippen LogP contribution in [0, 0.1) is 6.92 Å². The second-order valence-electron chi connectivity index (χ2n) is 3.80. The van der Waals surface area contributed by atoms with Gasteiger partial charge in [0.2, 0.25) is 5.88 Å². The maximum absolute atomic E-state index is 5.47. The first-order valence-corrected chi connectivity index (χ1v) is 5.73. The van der Waals surface area contributed by atoms with Crippen LogP contribution in [0.25, 0.3) is 0 Å². The molecule has 0 radical (unpaired) electrons. The molecule has 1 aliphatic rings. The fourth-order valence-electron chi connectivity index (χ4n) is 1.90. The molecule has 1 saturated heterocycles. The normalized spacial score (nSPS) is 16.2. The van der Waals surface area contributed by atoms with Crippen LogP contribution in [-0.2, 0) is 0 Å². The maximum Gasteiger partial charge on any atom is 0.221 e. The largest absolute Gasteiger partial charge is 0.478 e. The van der Waals surface area contributed by atoms with Gasteiger partial charge in [0.1, 0.15) is 12.1 Å². The van der Waals surface area contributed by atoms with Crippen molar-refractivity contribution in [2.45, 2.75) is 13.8 Å². The molecule has 1 N–H and O–H groups in total. The van der Waals surface area contributed by atoms with Gasteiger partial charge in [0.15, 0.2) is 0 Å². The predicted molar refractivity (Wildman–Crippen MR) is 63.0 cm³/mol. The minimum absolute atomic E-state index is 0.638. The van der Waals surface area contributed by atoms with E-state index in [1.807, 2.05) is 13.8 Å². The van der Waals surface area contributed by atoms with Gasteiger partial charge in [-0.05, 0) is 13.8 Å². The van der Waals surface area contributed by atoms with Crippen LogP contribution >= 0.6 is 0 Å². The van der Waals surface area contributed by atoms with E-state index in [9.17, 15) is 0 Å². The van der Waals surface area contributed by atoms with Crippen LogP contribution in [0.3, 0.4) is 0 Å². The Kier molecular flexibility index (Phi) is 3.56. The molecule has 0 atom stereocenters. The van der Waals surface area contributed by atoms with E-state index in [0.717, 1.165) is 37.6 Å². The zero-order valence-electron chi connectivity index (χ0n) is 9.86. The molecule has 0 aromatic carbocycles. The monoisotopic (exact) mass is 222 g/mol. The molecule has 0 amide bonds. The summed E-state index contributed by atoms with van der Waals surface area (Å²) in [5.41, 5.74) is 1.03. The Morgan fingerprint density at radius 2 is 2.12 bits per heavy atom. The maximum atomic E-state index is 5.47. The molecule has 0 bridgehead atoms. The van der Waals surface area contributed by atoms with Crippen LogP contribution in [0.1, 0.15) is 12.5 Å². The Balaban J connectivity index is 2.22. The van der Waals surface area contributed by atoms with Gasteiger partial charge < -0.3 is 15.0 Å². The smallest absolute Gasteiger partial charge is 0.221 e. The van der Waals surface area contributed by atoms with E-state index in [4.69, 9.17) is 4.74 Å². The number of ether oxygens (including phenoxy) is 1. The summed E-state index contributed by atoms with van der Waals surface area (Å²) < 4.78 is 5.47. The number of hydrogen-bond donors (Lipinski definition) is 1. The molecule has 1 fully saturated rings. The van der Waals surface area contributed by atoms with Gasteiger partial charge in [-0.15, -0.1) is 0 Å². The molecule has 16 heavy (non-hydrogen) atoms. The highest BCUT2D eigenvalue weighted by Crippen LogP contribution is 2.23. The average Bonchev–Trinajstić information content (AvgIpc) is 2.33. The van der Waals surface area contributed by atoms with Gasteiger partial charge in [-0.1, -0.05) is 0 Å². The summed E-state index contributed by atoms with van der Waals surface area (Å²) in [5.74, 6) is 1.70. The molecular formula is C11H18N4O. The van der Waals surface area contributed by atoms with Gasteiger partial charge in [-0.25, -0.2) is 9.97 Å². The van der Waals surface area contributed by atoms with Crippen molar-refractivity contribution in [1.29, 1.82) is 0 Å². The molecule has 5 nitrogen and oxygen atoms in total. The minimum Gasteiger partial charge on any atom is -0.478 e. The molecule has 1 aromatic rings. The Labute approximate surface area is 95.8 Å². The lowest BCUT2D eigenvalue weighted by atomic mass is 10.2. The lowest BCUT2D eigenvalue weighted by Crippen LogP contribution is -2.44. The van der Waals surface area contributed by atoms with Crippen LogP contribution in [0.5, 0.6) is 5.88 Å². The fraction of sp³-hybridized carbons (Fsp3) is 0.636. The molecular weight excluding hydrogens is 204 g/mol.